The molecule has 0 unspecified atom stereocenters. The molecule has 0 atom stereocenters. The fraction of sp³-hybridized carbons (Fsp3) is 0.222. The highest BCUT2D eigenvalue weighted by Gasteiger charge is 2.21. The summed E-state index contributed by atoms with van der Waals surface area (Å²) in [4.78, 5) is 17.3. The Morgan fingerprint density at radius 2 is 1.96 bits per heavy atom. The van der Waals surface area contributed by atoms with Gasteiger partial charge in [-0.25, -0.2) is 9.29 Å². The Balaban J connectivity index is 1.75. The Labute approximate surface area is 139 Å². The molecule has 0 N–H and O–H groups in total. The summed E-state index contributed by atoms with van der Waals surface area (Å²) in [5, 5.41) is 1.01. The van der Waals surface area contributed by atoms with Gasteiger partial charge in [-0.15, -0.1) is 0 Å². The largest absolute Gasteiger partial charge is 0.317 e. The van der Waals surface area contributed by atoms with Crippen molar-refractivity contribution < 1.29 is 4.79 Å². The highest BCUT2D eigenvalue weighted by Crippen LogP contribution is 2.31. The number of likely N-dealkylation sites (N-methyl/N-ethyl adjacent to an activating group) is 1. The van der Waals surface area contributed by atoms with E-state index in [-0.39, 0.29) is 5.78 Å². The number of carbonyl (C=O) groups excluding carboxylic acids is 1. The Bertz CT molecular complexity index is 873. The van der Waals surface area contributed by atoms with Crippen molar-refractivity contribution in [3.63, 3.8) is 0 Å². The fourth-order valence-electron chi connectivity index (χ4n) is 2.88. The minimum Gasteiger partial charge on any atom is -0.317 e. The lowest BCUT2D eigenvalue weighted by molar-refractivity contribution is 0.103. The first kappa shape index (κ1) is 14.5. The lowest BCUT2D eigenvalue weighted by Gasteiger charge is -2.24. The maximum atomic E-state index is 12.6. The van der Waals surface area contributed by atoms with Gasteiger partial charge in [-0.05, 0) is 30.1 Å². The van der Waals surface area contributed by atoms with Crippen molar-refractivity contribution in [2.75, 3.05) is 13.1 Å². The van der Waals surface area contributed by atoms with Crippen LogP contribution in [0.5, 0.6) is 0 Å². The highest BCUT2D eigenvalue weighted by molar-refractivity contribution is 7.96. The number of carbonyl (C=O) groups is 1. The number of aromatic nitrogens is 2. The van der Waals surface area contributed by atoms with E-state index in [1.54, 1.807) is 11.9 Å². The van der Waals surface area contributed by atoms with Gasteiger partial charge in [-0.2, -0.15) is 0 Å². The van der Waals surface area contributed by atoms with Crippen molar-refractivity contribution >= 4 is 28.8 Å². The second-order valence-corrected chi connectivity index (χ2v) is 6.62. The molecule has 23 heavy (non-hydrogen) atoms. The van der Waals surface area contributed by atoms with Gasteiger partial charge in [0.15, 0.2) is 10.9 Å². The van der Waals surface area contributed by atoms with Gasteiger partial charge in [-0.1, -0.05) is 37.3 Å². The number of hydrogen-bond acceptors (Lipinski definition) is 4. The van der Waals surface area contributed by atoms with Gasteiger partial charge in [-0.3, -0.25) is 4.79 Å². The fourth-order valence-corrected chi connectivity index (χ4v) is 3.84. The van der Waals surface area contributed by atoms with Gasteiger partial charge in [0, 0.05) is 30.8 Å². The maximum absolute atomic E-state index is 12.6. The number of rotatable bonds is 3. The van der Waals surface area contributed by atoms with E-state index in [0.29, 0.717) is 5.56 Å². The molecular weight excluding hydrogens is 306 g/mol. The van der Waals surface area contributed by atoms with E-state index in [9.17, 15) is 4.79 Å². The average molecular weight is 323 g/mol. The van der Waals surface area contributed by atoms with Crippen LogP contribution in [-0.4, -0.2) is 32.7 Å². The van der Waals surface area contributed by atoms with E-state index in [0.717, 1.165) is 41.4 Å². The molecule has 0 amide bonds. The Hall–Kier alpha value is -2.11. The molecule has 0 bridgehead atoms. The zero-order chi connectivity index (χ0) is 15.8. The summed E-state index contributed by atoms with van der Waals surface area (Å²) in [5.41, 5.74) is 3.44. The topological polar surface area (TPSA) is 38.1 Å². The van der Waals surface area contributed by atoms with Gasteiger partial charge in [0.05, 0.1) is 11.0 Å². The van der Waals surface area contributed by atoms with Crippen molar-refractivity contribution in [3.05, 3.63) is 59.7 Å². The predicted octanol–water partition coefficient (Wildman–Crippen LogP) is 3.61. The van der Waals surface area contributed by atoms with Crippen LogP contribution >= 0.6 is 11.9 Å². The summed E-state index contributed by atoms with van der Waals surface area (Å²) in [6.07, 6.45) is 0. The third-order valence-electron chi connectivity index (χ3n) is 4.15. The molecule has 4 nitrogen and oxygen atoms in total. The van der Waals surface area contributed by atoms with Crippen LogP contribution < -0.4 is 0 Å². The molecule has 0 saturated heterocycles. The van der Waals surface area contributed by atoms with Crippen LogP contribution in [0.4, 0.5) is 0 Å². The molecule has 0 saturated carbocycles. The van der Waals surface area contributed by atoms with Crippen molar-refractivity contribution in [3.8, 4) is 0 Å². The maximum Gasteiger partial charge on any atom is 0.193 e. The van der Waals surface area contributed by atoms with Crippen LogP contribution in [0, 0.1) is 0 Å². The number of nitrogens with zero attached hydrogens (tertiary/aromatic N) is 3. The summed E-state index contributed by atoms with van der Waals surface area (Å²) in [7, 11) is 0. The van der Waals surface area contributed by atoms with Gasteiger partial charge in [0.2, 0.25) is 0 Å². The van der Waals surface area contributed by atoms with Crippen LogP contribution in [0.3, 0.4) is 0 Å². The van der Waals surface area contributed by atoms with E-state index in [1.165, 1.54) is 0 Å². The predicted molar refractivity (Wildman–Crippen MR) is 92.7 cm³/mol. The van der Waals surface area contributed by atoms with Crippen LogP contribution in [0.15, 0.2) is 53.7 Å². The molecule has 3 aromatic rings. The summed E-state index contributed by atoms with van der Waals surface area (Å²) in [5.74, 6) is 0.0571. The molecular formula is C18H17N3OS. The second kappa shape index (κ2) is 5.83. The van der Waals surface area contributed by atoms with Gasteiger partial charge in [0.25, 0.3) is 0 Å². The summed E-state index contributed by atoms with van der Waals surface area (Å²) in [6, 6.07) is 15.2. The van der Waals surface area contributed by atoms with Crippen LogP contribution in [0.2, 0.25) is 0 Å². The highest BCUT2D eigenvalue weighted by atomic mass is 32.2. The molecule has 0 fully saturated rings. The molecule has 2 aromatic carbocycles. The zero-order valence-corrected chi connectivity index (χ0v) is 13.7. The molecule has 116 valence electrons. The van der Waals surface area contributed by atoms with Crippen LogP contribution in [0.1, 0.15) is 22.8 Å². The first-order valence-electron chi connectivity index (χ1n) is 7.79. The van der Waals surface area contributed by atoms with Gasteiger partial charge >= 0.3 is 0 Å². The molecule has 0 spiro atoms. The van der Waals surface area contributed by atoms with Crippen molar-refractivity contribution in [2.24, 2.45) is 0 Å². The van der Waals surface area contributed by atoms with E-state index in [4.69, 9.17) is 4.98 Å². The number of imidazole rings is 1. The molecule has 0 aliphatic carbocycles. The summed E-state index contributed by atoms with van der Waals surface area (Å²) < 4.78 is 4.52. The number of hydrogen-bond donors (Lipinski definition) is 0. The van der Waals surface area contributed by atoms with Gasteiger partial charge < -0.3 is 4.57 Å². The first-order chi connectivity index (χ1) is 11.3. The molecule has 1 aliphatic rings. The lowest BCUT2D eigenvalue weighted by Crippen LogP contribution is -2.26. The Kier molecular flexibility index (Phi) is 3.67. The molecule has 4 rings (SSSR count). The summed E-state index contributed by atoms with van der Waals surface area (Å²) in [6.45, 7) is 5.07. The molecule has 0 radical (unpaired) electrons. The van der Waals surface area contributed by atoms with Crippen molar-refractivity contribution in [2.45, 2.75) is 18.6 Å². The van der Waals surface area contributed by atoms with Crippen molar-refractivity contribution in [1.82, 2.24) is 13.9 Å². The second-order valence-electron chi connectivity index (χ2n) is 5.56. The Morgan fingerprint density at radius 3 is 2.74 bits per heavy atom. The standard InChI is InChI=1S/C18H17N3OS/c1-2-20-10-11-21-16-12-14(8-9-15(16)19-18(21)23-20)17(22)13-6-4-3-5-7-13/h3-9,12H,2,10-11H2,1H3. The number of benzene rings is 2. The number of fused-ring (bicyclic) bond motifs is 3. The normalized spacial score (nSPS) is 14.8. The molecule has 2 heterocycles. The van der Waals surface area contributed by atoms with Crippen LogP contribution in [-0.2, 0) is 6.54 Å². The first-order valence-corrected chi connectivity index (χ1v) is 8.56. The van der Waals surface area contributed by atoms with E-state index >= 15 is 0 Å². The molecule has 1 aromatic heterocycles. The third kappa shape index (κ3) is 2.56. The lowest BCUT2D eigenvalue weighted by atomic mass is 10.0. The van der Waals surface area contributed by atoms with Crippen molar-refractivity contribution in [1.29, 1.82) is 0 Å². The van der Waals surface area contributed by atoms with Crippen LogP contribution in [0.25, 0.3) is 11.0 Å². The zero-order valence-electron chi connectivity index (χ0n) is 12.9. The number of ketones is 1. The van der Waals surface area contributed by atoms with Gasteiger partial charge in [0.1, 0.15) is 0 Å². The molecule has 5 heteroatoms. The minimum absolute atomic E-state index is 0.0571. The monoisotopic (exact) mass is 323 g/mol. The smallest absolute Gasteiger partial charge is 0.193 e. The average Bonchev–Trinajstić information content (AvgIpc) is 2.98. The molecule has 1 aliphatic heterocycles. The third-order valence-corrected chi connectivity index (χ3v) is 5.32. The van der Waals surface area contributed by atoms with E-state index in [1.807, 2.05) is 48.5 Å². The SMILES string of the molecule is CCN1CCn2c(nc3ccc(C(=O)c4ccccc4)cc32)S1. The van der Waals surface area contributed by atoms with E-state index < -0.39 is 0 Å². The summed E-state index contributed by atoms with van der Waals surface area (Å²) >= 11 is 1.69. The quantitative estimate of drug-likeness (QED) is 0.545. The Morgan fingerprint density at radius 1 is 1.13 bits per heavy atom. The van der Waals surface area contributed by atoms with E-state index in [2.05, 4.69) is 15.8 Å². The minimum atomic E-state index is 0.0571.